The Balaban J connectivity index is 1.47. The zero-order valence-electron chi connectivity index (χ0n) is 16.8. The highest BCUT2D eigenvalue weighted by atomic mass is 16.3. The molecule has 1 aliphatic heterocycles. The van der Waals surface area contributed by atoms with Crippen LogP contribution in [0.1, 0.15) is 80.5 Å². The summed E-state index contributed by atoms with van der Waals surface area (Å²) in [6, 6.07) is 4.29. The van der Waals surface area contributed by atoms with Crippen LogP contribution in [0.5, 0.6) is 0 Å². The number of aromatic nitrogens is 4. The van der Waals surface area contributed by atoms with Crippen LogP contribution in [0.25, 0.3) is 0 Å². The molecule has 4 rings (SSSR count). The van der Waals surface area contributed by atoms with E-state index >= 15 is 0 Å². The van der Waals surface area contributed by atoms with Crippen LogP contribution < -0.4 is 10.2 Å². The zero-order chi connectivity index (χ0) is 19.3. The van der Waals surface area contributed by atoms with Crippen LogP contribution in [0.3, 0.4) is 0 Å². The Labute approximate surface area is 167 Å². The van der Waals surface area contributed by atoms with Crippen molar-refractivity contribution in [3.8, 4) is 0 Å². The number of anilines is 1. The summed E-state index contributed by atoms with van der Waals surface area (Å²) in [7, 11) is 1.99. The summed E-state index contributed by atoms with van der Waals surface area (Å²) in [5.74, 6) is 1.28. The minimum atomic E-state index is -0.821. The molecule has 3 heterocycles. The Morgan fingerprint density at radius 2 is 2.11 bits per heavy atom. The Morgan fingerprint density at radius 1 is 1.25 bits per heavy atom. The first-order valence-corrected chi connectivity index (χ1v) is 10.7. The highest BCUT2D eigenvalue weighted by Gasteiger charge is 2.27. The lowest BCUT2D eigenvalue weighted by molar-refractivity contribution is 0.210. The maximum atomic E-state index is 10.9. The first-order chi connectivity index (χ1) is 13.8. The molecule has 2 aliphatic rings. The second kappa shape index (κ2) is 9.01. The highest BCUT2D eigenvalue weighted by Crippen LogP contribution is 2.34. The molecule has 2 atom stereocenters. The average Bonchev–Trinajstić information content (AvgIpc) is 3.48. The summed E-state index contributed by atoms with van der Waals surface area (Å²) >= 11 is 0. The smallest absolute Gasteiger partial charge is 0.225 e. The van der Waals surface area contributed by atoms with Crippen LogP contribution in [-0.4, -0.2) is 51.5 Å². The molecule has 2 unspecified atom stereocenters. The average molecular weight is 385 g/mol. The number of aromatic amines is 1. The van der Waals surface area contributed by atoms with Gasteiger partial charge in [-0.05, 0) is 64.3 Å². The number of nitrogens with one attached hydrogen (secondary N) is 2. The molecule has 0 aromatic carbocycles. The molecule has 1 saturated carbocycles. The predicted molar refractivity (Wildman–Crippen MR) is 109 cm³/mol. The molecule has 3 N–H and O–H groups in total. The second-order valence-electron chi connectivity index (χ2n) is 8.15. The van der Waals surface area contributed by atoms with Crippen LogP contribution in [0.4, 0.5) is 5.95 Å². The zero-order valence-corrected chi connectivity index (χ0v) is 16.8. The van der Waals surface area contributed by atoms with Crippen molar-refractivity contribution in [2.45, 2.75) is 69.4 Å². The molecule has 7 nitrogen and oxygen atoms in total. The SMILES string of the molecule is CNCCCC1CCCN1c1nccc(C(O)c2cc(C3CCCC3)[nH]n2)n1. The van der Waals surface area contributed by atoms with Crippen LogP contribution in [-0.2, 0) is 0 Å². The van der Waals surface area contributed by atoms with Gasteiger partial charge in [0.05, 0.1) is 11.4 Å². The summed E-state index contributed by atoms with van der Waals surface area (Å²) < 4.78 is 0. The minimum absolute atomic E-state index is 0.486. The number of hydrogen-bond acceptors (Lipinski definition) is 6. The van der Waals surface area contributed by atoms with Crippen LogP contribution >= 0.6 is 0 Å². The van der Waals surface area contributed by atoms with E-state index in [4.69, 9.17) is 4.98 Å². The first kappa shape index (κ1) is 19.3. The first-order valence-electron chi connectivity index (χ1n) is 10.7. The van der Waals surface area contributed by atoms with E-state index in [1.807, 2.05) is 13.1 Å². The fourth-order valence-electron chi connectivity index (χ4n) is 4.66. The van der Waals surface area contributed by atoms with Crippen molar-refractivity contribution in [2.75, 3.05) is 25.0 Å². The van der Waals surface area contributed by atoms with Crippen LogP contribution in [0, 0.1) is 0 Å². The Morgan fingerprint density at radius 3 is 2.93 bits per heavy atom. The van der Waals surface area contributed by atoms with Crippen molar-refractivity contribution in [1.29, 1.82) is 0 Å². The van der Waals surface area contributed by atoms with Gasteiger partial charge in [0.1, 0.15) is 6.10 Å². The molecule has 0 bridgehead atoms. The van der Waals surface area contributed by atoms with Gasteiger partial charge in [0.25, 0.3) is 0 Å². The van der Waals surface area contributed by atoms with Crippen molar-refractivity contribution < 1.29 is 5.11 Å². The molecular weight excluding hydrogens is 352 g/mol. The maximum Gasteiger partial charge on any atom is 0.225 e. The van der Waals surface area contributed by atoms with E-state index in [1.165, 1.54) is 38.5 Å². The van der Waals surface area contributed by atoms with Crippen molar-refractivity contribution >= 4 is 5.95 Å². The third-order valence-corrected chi connectivity index (χ3v) is 6.24. The third kappa shape index (κ3) is 4.20. The number of rotatable bonds is 8. The third-order valence-electron chi connectivity index (χ3n) is 6.24. The summed E-state index contributed by atoms with van der Waals surface area (Å²) in [6.07, 6.45) is 10.6. The lowest BCUT2D eigenvalue weighted by Crippen LogP contribution is -2.31. The fourth-order valence-corrected chi connectivity index (χ4v) is 4.66. The monoisotopic (exact) mass is 384 g/mol. The molecule has 2 aromatic rings. The van der Waals surface area contributed by atoms with Gasteiger partial charge >= 0.3 is 0 Å². The number of H-pyrrole nitrogens is 1. The molecule has 28 heavy (non-hydrogen) atoms. The normalized spacial score (nSPS) is 21.5. The Bertz CT molecular complexity index is 757. The largest absolute Gasteiger partial charge is 0.380 e. The maximum absolute atomic E-state index is 10.9. The van der Waals surface area contributed by atoms with E-state index in [0.717, 1.165) is 37.6 Å². The van der Waals surface area contributed by atoms with E-state index in [0.29, 0.717) is 23.3 Å². The number of hydrogen-bond donors (Lipinski definition) is 3. The van der Waals surface area contributed by atoms with Gasteiger partial charge in [-0.25, -0.2) is 9.97 Å². The quantitative estimate of drug-likeness (QED) is 0.607. The molecule has 7 heteroatoms. The van der Waals surface area contributed by atoms with E-state index in [9.17, 15) is 5.11 Å². The van der Waals surface area contributed by atoms with Crippen LogP contribution in [0.15, 0.2) is 18.3 Å². The van der Waals surface area contributed by atoms with Crippen molar-refractivity contribution in [3.05, 3.63) is 35.4 Å². The van der Waals surface area contributed by atoms with Gasteiger partial charge < -0.3 is 15.3 Å². The number of aliphatic hydroxyl groups is 1. The number of nitrogens with zero attached hydrogens (tertiary/aromatic N) is 4. The van der Waals surface area contributed by atoms with Crippen molar-refractivity contribution in [1.82, 2.24) is 25.5 Å². The second-order valence-corrected chi connectivity index (χ2v) is 8.15. The summed E-state index contributed by atoms with van der Waals surface area (Å²) in [4.78, 5) is 11.5. The van der Waals surface area contributed by atoms with Gasteiger partial charge in [-0.1, -0.05) is 12.8 Å². The molecule has 152 valence electrons. The van der Waals surface area contributed by atoms with Gasteiger partial charge in [0.15, 0.2) is 0 Å². The van der Waals surface area contributed by atoms with E-state index in [2.05, 4.69) is 25.4 Å². The molecule has 0 radical (unpaired) electrons. The molecular formula is C21H32N6O. The van der Waals surface area contributed by atoms with E-state index in [1.54, 1.807) is 12.3 Å². The molecule has 1 saturated heterocycles. The van der Waals surface area contributed by atoms with Crippen molar-refractivity contribution in [2.24, 2.45) is 0 Å². The van der Waals surface area contributed by atoms with Crippen LogP contribution in [0.2, 0.25) is 0 Å². The lowest BCUT2D eigenvalue weighted by Gasteiger charge is -2.25. The van der Waals surface area contributed by atoms with Gasteiger partial charge in [-0.2, -0.15) is 5.10 Å². The predicted octanol–water partition coefficient (Wildman–Crippen LogP) is 2.91. The summed E-state index contributed by atoms with van der Waals surface area (Å²) in [6.45, 7) is 2.02. The lowest BCUT2D eigenvalue weighted by atomic mass is 10.0. The van der Waals surface area contributed by atoms with Gasteiger partial charge in [-0.15, -0.1) is 0 Å². The van der Waals surface area contributed by atoms with Gasteiger partial charge in [0.2, 0.25) is 5.95 Å². The van der Waals surface area contributed by atoms with E-state index in [-0.39, 0.29) is 0 Å². The standard InChI is InChI=1S/C21H32N6O/c1-22-11-4-8-16-9-5-13-27(16)21-23-12-10-17(24-21)20(28)19-14-18(25-26-19)15-6-2-3-7-15/h10,12,14-16,20,22,28H,2-9,11,13H2,1H3,(H,25,26). The Hall–Kier alpha value is -1.99. The molecule has 0 spiro atoms. The van der Waals surface area contributed by atoms with Gasteiger partial charge in [-0.3, -0.25) is 5.10 Å². The number of aliphatic hydroxyl groups excluding tert-OH is 1. The minimum Gasteiger partial charge on any atom is -0.380 e. The topological polar surface area (TPSA) is 90.0 Å². The fraction of sp³-hybridized carbons (Fsp3) is 0.667. The highest BCUT2D eigenvalue weighted by molar-refractivity contribution is 5.35. The Kier molecular flexibility index (Phi) is 6.22. The van der Waals surface area contributed by atoms with Crippen molar-refractivity contribution in [3.63, 3.8) is 0 Å². The van der Waals surface area contributed by atoms with E-state index < -0.39 is 6.10 Å². The molecule has 1 aliphatic carbocycles. The molecule has 0 amide bonds. The van der Waals surface area contributed by atoms with Gasteiger partial charge in [0, 0.05) is 30.4 Å². The molecule has 2 fully saturated rings. The molecule has 2 aromatic heterocycles. The summed E-state index contributed by atoms with van der Waals surface area (Å²) in [5.41, 5.74) is 2.42. The summed E-state index contributed by atoms with van der Waals surface area (Å²) in [5, 5.41) is 21.6.